The van der Waals surface area contributed by atoms with Crippen LogP contribution in [0.1, 0.15) is 0 Å². The van der Waals surface area contributed by atoms with E-state index in [0.29, 0.717) is 29.0 Å². The number of nitrogens with one attached hydrogen (secondary N) is 1. The van der Waals surface area contributed by atoms with Crippen molar-refractivity contribution in [2.24, 2.45) is 5.14 Å². The Kier molecular flexibility index (Phi) is 4.49. The molecule has 0 unspecified atom stereocenters. The van der Waals surface area contributed by atoms with Crippen molar-refractivity contribution in [1.82, 2.24) is 9.97 Å². The average Bonchev–Trinajstić information content (AvgIpc) is 3.16. The van der Waals surface area contributed by atoms with Crippen LogP contribution in [-0.4, -0.2) is 32.2 Å². The number of anilines is 4. The molecule has 0 atom stereocenters. The highest BCUT2D eigenvalue weighted by molar-refractivity contribution is 7.89. The molecule has 0 saturated carbocycles. The minimum atomic E-state index is -3.80. The molecule has 0 bridgehead atoms. The predicted molar refractivity (Wildman–Crippen MR) is 104 cm³/mol. The molecular formula is C18H17N5O4S. The van der Waals surface area contributed by atoms with E-state index in [1.54, 1.807) is 24.4 Å². The average molecular weight is 399 g/mol. The van der Waals surface area contributed by atoms with Crippen molar-refractivity contribution in [3.05, 3.63) is 54.7 Å². The van der Waals surface area contributed by atoms with E-state index in [-0.39, 0.29) is 11.7 Å². The van der Waals surface area contributed by atoms with E-state index in [1.807, 2.05) is 30.1 Å². The fourth-order valence-corrected chi connectivity index (χ4v) is 3.34. The van der Waals surface area contributed by atoms with Crippen LogP contribution >= 0.6 is 0 Å². The molecule has 0 radical (unpaired) electrons. The number of para-hydroxylation sites is 1. The number of hydrogen-bond acceptors (Lipinski definition) is 8. The highest BCUT2D eigenvalue weighted by Crippen LogP contribution is 2.42. The summed E-state index contributed by atoms with van der Waals surface area (Å²) in [5, 5.41) is 8.17. The van der Waals surface area contributed by atoms with Gasteiger partial charge in [-0.25, -0.2) is 18.5 Å². The van der Waals surface area contributed by atoms with Crippen LogP contribution in [0, 0.1) is 0 Å². The Balaban J connectivity index is 1.61. The van der Waals surface area contributed by atoms with Crippen LogP contribution in [-0.2, 0) is 10.0 Å². The number of rotatable bonds is 5. The van der Waals surface area contributed by atoms with Crippen LogP contribution < -0.4 is 24.8 Å². The Morgan fingerprint density at radius 1 is 1.14 bits per heavy atom. The van der Waals surface area contributed by atoms with Crippen LogP contribution in [0.15, 0.2) is 59.6 Å². The molecule has 2 heterocycles. The van der Waals surface area contributed by atoms with Gasteiger partial charge in [0.2, 0.25) is 22.8 Å². The molecule has 0 fully saturated rings. The van der Waals surface area contributed by atoms with Crippen molar-refractivity contribution < 1.29 is 17.9 Å². The molecule has 1 aromatic heterocycles. The minimum Gasteiger partial charge on any atom is -0.454 e. The lowest BCUT2D eigenvalue weighted by Crippen LogP contribution is -2.13. The Bertz CT molecular complexity index is 1140. The fraction of sp³-hybridized carbons (Fsp3) is 0.111. The highest BCUT2D eigenvalue weighted by atomic mass is 32.2. The van der Waals surface area contributed by atoms with E-state index in [2.05, 4.69) is 15.3 Å². The molecule has 0 aliphatic carbocycles. The Labute approximate surface area is 161 Å². The Morgan fingerprint density at radius 3 is 2.79 bits per heavy atom. The van der Waals surface area contributed by atoms with Crippen LogP contribution in [0.25, 0.3) is 0 Å². The molecule has 28 heavy (non-hydrogen) atoms. The third-order valence-electron chi connectivity index (χ3n) is 4.14. The molecule has 2 aromatic carbocycles. The topological polar surface area (TPSA) is 120 Å². The molecule has 1 aliphatic heterocycles. The van der Waals surface area contributed by atoms with Gasteiger partial charge in [-0.2, -0.15) is 4.98 Å². The zero-order valence-corrected chi connectivity index (χ0v) is 15.7. The van der Waals surface area contributed by atoms with Gasteiger partial charge in [-0.1, -0.05) is 12.1 Å². The molecule has 0 spiro atoms. The number of primary sulfonamides is 1. The quantitative estimate of drug-likeness (QED) is 0.671. The normalized spacial score (nSPS) is 12.6. The zero-order chi connectivity index (χ0) is 19.7. The van der Waals surface area contributed by atoms with E-state index >= 15 is 0 Å². The molecular weight excluding hydrogens is 382 g/mol. The summed E-state index contributed by atoms with van der Waals surface area (Å²) in [4.78, 5) is 10.5. The van der Waals surface area contributed by atoms with Gasteiger partial charge >= 0.3 is 0 Å². The van der Waals surface area contributed by atoms with E-state index in [0.717, 1.165) is 5.69 Å². The Morgan fingerprint density at radius 2 is 1.96 bits per heavy atom. The molecule has 144 valence electrons. The van der Waals surface area contributed by atoms with E-state index < -0.39 is 10.0 Å². The maximum Gasteiger partial charge on any atom is 0.238 e. The largest absolute Gasteiger partial charge is 0.454 e. The first-order valence-corrected chi connectivity index (χ1v) is 9.82. The second-order valence-electron chi connectivity index (χ2n) is 6.01. The summed E-state index contributed by atoms with van der Waals surface area (Å²) >= 11 is 0. The number of benzene rings is 2. The van der Waals surface area contributed by atoms with Gasteiger partial charge in [0.25, 0.3) is 0 Å². The lowest BCUT2D eigenvalue weighted by molar-refractivity contribution is 0.174. The summed E-state index contributed by atoms with van der Waals surface area (Å²) in [5.41, 5.74) is 1.31. The van der Waals surface area contributed by atoms with Crippen molar-refractivity contribution in [2.45, 2.75) is 4.90 Å². The SMILES string of the molecule is CN(c1ccnc(Nc2cccc(S(N)(=O)=O)c2)n1)c1cccc2c1OCO2. The van der Waals surface area contributed by atoms with Crippen molar-refractivity contribution in [2.75, 3.05) is 24.1 Å². The van der Waals surface area contributed by atoms with Gasteiger partial charge in [0.05, 0.1) is 10.6 Å². The molecule has 3 N–H and O–H groups in total. The maximum absolute atomic E-state index is 11.5. The molecule has 1 aliphatic rings. The number of nitrogens with two attached hydrogens (primary N) is 1. The number of ether oxygens (including phenoxy) is 2. The van der Waals surface area contributed by atoms with Crippen molar-refractivity contribution >= 4 is 33.2 Å². The zero-order valence-electron chi connectivity index (χ0n) is 14.9. The van der Waals surface area contributed by atoms with E-state index in [9.17, 15) is 8.42 Å². The second-order valence-corrected chi connectivity index (χ2v) is 7.57. The summed E-state index contributed by atoms with van der Waals surface area (Å²) in [6.45, 7) is 0.178. The first kappa shape index (κ1) is 18.0. The summed E-state index contributed by atoms with van der Waals surface area (Å²) in [5.74, 6) is 2.25. The molecule has 9 nitrogen and oxygen atoms in total. The lowest BCUT2D eigenvalue weighted by atomic mass is 10.2. The van der Waals surface area contributed by atoms with Crippen molar-refractivity contribution in [3.63, 3.8) is 0 Å². The minimum absolute atomic E-state index is 0.00256. The van der Waals surface area contributed by atoms with Gasteiger partial charge in [-0.05, 0) is 36.4 Å². The van der Waals surface area contributed by atoms with Crippen molar-refractivity contribution in [1.29, 1.82) is 0 Å². The van der Waals surface area contributed by atoms with Crippen LogP contribution in [0.2, 0.25) is 0 Å². The van der Waals surface area contributed by atoms with E-state index in [4.69, 9.17) is 14.6 Å². The fourth-order valence-electron chi connectivity index (χ4n) is 2.78. The van der Waals surface area contributed by atoms with Gasteiger partial charge in [0.15, 0.2) is 11.5 Å². The second kappa shape index (κ2) is 6.98. The first-order chi connectivity index (χ1) is 13.4. The van der Waals surface area contributed by atoms with Crippen LogP contribution in [0.3, 0.4) is 0 Å². The van der Waals surface area contributed by atoms with E-state index in [1.165, 1.54) is 12.1 Å². The molecule has 0 amide bonds. The summed E-state index contributed by atoms with van der Waals surface area (Å²) < 4.78 is 34.0. The summed E-state index contributed by atoms with van der Waals surface area (Å²) in [6, 6.07) is 13.5. The summed E-state index contributed by atoms with van der Waals surface area (Å²) in [7, 11) is -1.94. The van der Waals surface area contributed by atoms with Crippen LogP contribution in [0.5, 0.6) is 11.5 Å². The first-order valence-electron chi connectivity index (χ1n) is 8.27. The summed E-state index contributed by atoms with van der Waals surface area (Å²) in [6.07, 6.45) is 1.60. The number of sulfonamides is 1. The van der Waals surface area contributed by atoms with Gasteiger partial charge in [0, 0.05) is 18.9 Å². The molecule has 10 heteroatoms. The smallest absolute Gasteiger partial charge is 0.238 e. The lowest BCUT2D eigenvalue weighted by Gasteiger charge is -2.20. The van der Waals surface area contributed by atoms with Gasteiger partial charge in [-0.3, -0.25) is 0 Å². The van der Waals surface area contributed by atoms with Crippen molar-refractivity contribution in [3.8, 4) is 11.5 Å². The number of aromatic nitrogens is 2. The number of hydrogen-bond donors (Lipinski definition) is 2. The third-order valence-corrected chi connectivity index (χ3v) is 5.05. The Hall–Kier alpha value is -3.37. The van der Waals surface area contributed by atoms with Crippen LogP contribution in [0.4, 0.5) is 23.1 Å². The standard InChI is InChI=1S/C18H17N5O4S/c1-23(14-6-3-7-15-17(14)27-11-26-15)16-8-9-20-18(22-16)21-12-4-2-5-13(10-12)28(19,24)25/h2-10H,11H2,1H3,(H2,19,24,25)(H,20,21,22). The molecule has 0 saturated heterocycles. The number of nitrogens with zero attached hydrogens (tertiary/aromatic N) is 3. The third kappa shape index (κ3) is 3.55. The molecule has 3 aromatic rings. The number of fused-ring (bicyclic) bond motifs is 1. The van der Waals surface area contributed by atoms with Gasteiger partial charge in [0.1, 0.15) is 5.82 Å². The van der Waals surface area contributed by atoms with Gasteiger partial charge in [-0.15, -0.1) is 0 Å². The monoisotopic (exact) mass is 399 g/mol. The van der Waals surface area contributed by atoms with Gasteiger partial charge < -0.3 is 19.7 Å². The maximum atomic E-state index is 11.5. The predicted octanol–water partition coefficient (Wildman–Crippen LogP) is 2.36. The molecule has 4 rings (SSSR count). The highest BCUT2D eigenvalue weighted by Gasteiger charge is 2.21.